The highest BCUT2D eigenvalue weighted by Crippen LogP contribution is 2.38. The van der Waals surface area contributed by atoms with E-state index in [1.807, 2.05) is 0 Å². The zero-order valence-corrected chi connectivity index (χ0v) is 8.70. The summed E-state index contributed by atoms with van der Waals surface area (Å²) in [5, 5.41) is 13.7. The number of benzene rings is 1. The Labute approximate surface area is 88.3 Å². The van der Waals surface area contributed by atoms with Crippen molar-refractivity contribution in [2.24, 2.45) is 0 Å². The van der Waals surface area contributed by atoms with E-state index in [2.05, 4.69) is 21.2 Å². The van der Waals surface area contributed by atoms with Crippen LogP contribution >= 0.6 is 15.9 Å². The van der Waals surface area contributed by atoms with Gasteiger partial charge in [-0.15, -0.1) is 0 Å². The molecular weight excluding hydrogens is 252 g/mol. The van der Waals surface area contributed by atoms with Gasteiger partial charge in [0.25, 0.3) is 5.69 Å². The molecule has 1 aromatic rings. The molecule has 74 valence electrons. The summed E-state index contributed by atoms with van der Waals surface area (Å²) >= 11 is 3.20. The number of fused-ring (bicyclic) bond motifs is 1. The molecule has 14 heavy (non-hydrogen) atoms. The quantitative estimate of drug-likeness (QED) is 0.620. The Kier molecular flexibility index (Phi) is 2.28. The van der Waals surface area contributed by atoms with Crippen molar-refractivity contribution in [3.05, 3.63) is 26.7 Å². The molecule has 1 aliphatic heterocycles. The van der Waals surface area contributed by atoms with Crippen molar-refractivity contribution in [2.45, 2.75) is 0 Å². The predicted octanol–water partition coefficient (Wildman–Crippen LogP) is 2.16. The van der Waals surface area contributed by atoms with E-state index in [4.69, 9.17) is 4.74 Å². The van der Waals surface area contributed by atoms with Crippen molar-refractivity contribution in [3.63, 3.8) is 0 Å². The van der Waals surface area contributed by atoms with E-state index < -0.39 is 4.92 Å². The summed E-state index contributed by atoms with van der Waals surface area (Å²) in [6.45, 7) is 1.12. The SMILES string of the molecule is O=[N+]([O-])c1cc(Br)cc2c1NCCO2. The molecule has 0 unspecified atom stereocenters. The molecule has 1 heterocycles. The van der Waals surface area contributed by atoms with Crippen LogP contribution in [0.4, 0.5) is 11.4 Å². The highest BCUT2D eigenvalue weighted by molar-refractivity contribution is 9.10. The van der Waals surface area contributed by atoms with Gasteiger partial charge >= 0.3 is 0 Å². The number of halogens is 1. The van der Waals surface area contributed by atoms with Crippen LogP contribution in [0.5, 0.6) is 5.75 Å². The minimum Gasteiger partial charge on any atom is -0.489 e. The fourth-order valence-corrected chi connectivity index (χ4v) is 1.77. The molecule has 0 aromatic heterocycles. The van der Waals surface area contributed by atoms with E-state index in [9.17, 15) is 10.1 Å². The first-order chi connectivity index (χ1) is 6.68. The Balaban J connectivity index is 2.58. The Morgan fingerprint density at radius 3 is 3.07 bits per heavy atom. The molecule has 0 spiro atoms. The molecule has 1 N–H and O–H groups in total. The largest absolute Gasteiger partial charge is 0.489 e. The summed E-state index contributed by atoms with van der Waals surface area (Å²) in [4.78, 5) is 10.3. The Morgan fingerprint density at radius 2 is 2.36 bits per heavy atom. The van der Waals surface area contributed by atoms with Gasteiger partial charge in [-0.05, 0) is 6.07 Å². The van der Waals surface area contributed by atoms with Gasteiger partial charge in [0.05, 0.1) is 4.92 Å². The second kappa shape index (κ2) is 3.45. The molecule has 0 amide bonds. The van der Waals surface area contributed by atoms with E-state index >= 15 is 0 Å². The molecule has 0 aliphatic carbocycles. The maximum absolute atomic E-state index is 10.7. The van der Waals surface area contributed by atoms with Gasteiger partial charge in [-0.1, -0.05) is 15.9 Å². The highest BCUT2D eigenvalue weighted by atomic mass is 79.9. The number of hydrogen-bond acceptors (Lipinski definition) is 4. The Bertz CT molecular complexity index is 394. The average molecular weight is 259 g/mol. The molecule has 5 nitrogen and oxygen atoms in total. The molecular formula is C8H7BrN2O3. The average Bonchev–Trinajstić information content (AvgIpc) is 2.16. The number of hydrogen-bond donors (Lipinski definition) is 1. The normalized spacial score (nSPS) is 13.8. The topological polar surface area (TPSA) is 64.4 Å². The second-order valence-electron chi connectivity index (χ2n) is 2.83. The number of nitro benzene ring substituents is 1. The number of rotatable bonds is 1. The fourth-order valence-electron chi connectivity index (χ4n) is 1.34. The Morgan fingerprint density at radius 1 is 1.57 bits per heavy atom. The summed E-state index contributed by atoms with van der Waals surface area (Å²) in [7, 11) is 0. The lowest BCUT2D eigenvalue weighted by Crippen LogP contribution is -2.19. The van der Waals surface area contributed by atoms with Crippen LogP contribution in [0.15, 0.2) is 16.6 Å². The summed E-state index contributed by atoms with van der Waals surface area (Å²) in [5.41, 5.74) is 0.499. The van der Waals surface area contributed by atoms with E-state index in [1.54, 1.807) is 6.07 Å². The third-order valence-corrected chi connectivity index (χ3v) is 2.36. The number of ether oxygens (including phenoxy) is 1. The van der Waals surface area contributed by atoms with Crippen LogP contribution in [-0.4, -0.2) is 18.1 Å². The van der Waals surface area contributed by atoms with Crippen molar-refractivity contribution in [2.75, 3.05) is 18.5 Å². The van der Waals surface area contributed by atoms with Crippen molar-refractivity contribution in [1.82, 2.24) is 0 Å². The van der Waals surface area contributed by atoms with Crippen molar-refractivity contribution in [3.8, 4) is 5.75 Å². The molecule has 6 heteroatoms. The number of nitrogens with one attached hydrogen (secondary N) is 1. The fraction of sp³-hybridized carbons (Fsp3) is 0.250. The van der Waals surface area contributed by atoms with E-state index in [-0.39, 0.29) is 5.69 Å². The monoisotopic (exact) mass is 258 g/mol. The van der Waals surface area contributed by atoms with Gasteiger partial charge in [0.2, 0.25) is 0 Å². The van der Waals surface area contributed by atoms with Gasteiger partial charge in [-0.3, -0.25) is 10.1 Å². The molecule has 2 rings (SSSR count). The molecule has 1 aromatic carbocycles. The van der Waals surface area contributed by atoms with Crippen LogP contribution in [-0.2, 0) is 0 Å². The maximum Gasteiger partial charge on any atom is 0.297 e. The zero-order chi connectivity index (χ0) is 10.1. The maximum atomic E-state index is 10.7. The second-order valence-corrected chi connectivity index (χ2v) is 3.75. The van der Waals surface area contributed by atoms with Gasteiger partial charge in [0, 0.05) is 17.1 Å². The number of nitro groups is 1. The van der Waals surface area contributed by atoms with Gasteiger partial charge in [-0.2, -0.15) is 0 Å². The van der Waals surface area contributed by atoms with Gasteiger partial charge in [0.15, 0.2) is 11.4 Å². The lowest BCUT2D eigenvalue weighted by molar-refractivity contribution is -0.384. The summed E-state index contributed by atoms with van der Waals surface area (Å²) in [6, 6.07) is 3.18. The van der Waals surface area contributed by atoms with E-state index in [0.29, 0.717) is 29.1 Å². The third-order valence-electron chi connectivity index (χ3n) is 1.90. The molecule has 0 bridgehead atoms. The first kappa shape index (κ1) is 9.26. The van der Waals surface area contributed by atoms with Crippen molar-refractivity contribution < 1.29 is 9.66 Å². The molecule has 0 radical (unpaired) electrons. The number of nitrogens with zero attached hydrogens (tertiary/aromatic N) is 1. The molecule has 0 saturated heterocycles. The van der Waals surface area contributed by atoms with Crippen LogP contribution in [0.2, 0.25) is 0 Å². The minimum absolute atomic E-state index is 0.0362. The molecule has 1 aliphatic rings. The Hall–Kier alpha value is -1.30. The van der Waals surface area contributed by atoms with Crippen LogP contribution in [0, 0.1) is 10.1 Å². The van der Waals surface area contributed by atoms with Crippen LogP contribution in [0.25, 0.3) is 0 Å². The predicted molar refractivity (Wildman–Crippen MR) is 54.8 cm³/mol. The van der Waals surface area contributed by atoms with E-state index in [1.165, 1.54) is 6.07 Å². The van der Waals surface area contributed by atoms with Crippen LogP contribution in [0.3, 0.4) is 0 Å². The first-order valence-electron chi connectivity index (χ1n) is 4.03. The lowest BCUT2D eigenvalue weighted by Gasteiger charge is -2.18. The summed E-state index contributed by atoms with van der Waals surface area (Å²) < 4.78 is 5.94. The summed E-state index contributed by atoms with van der Waals surface area (Å²) in [6.07, 6.45) is 0. The summed E-state index contributed by atoms with van der Waals surface area (Å²) in [5.74, 6) is 0.525. The molecule has 0 fully saturated rings. The van der Waals surface area contributed by atoms with Crippen LogP contribution in [0.1, 0.15) is 0 Å². The molecule has 0 atom stereocenters. The highest BCUT2D eigenvalue weighted by Gasteiger charge is 2.22. The van der Waals surface area contributed by atoms with Crippen molar-refractivity contribution >= 4 is 27.3 Å². The molecule has 0 saturated carbocycles. The first-order valence-corrected chi connectivity index (χ1v) is 4.82. The van der Waals surface area contributed by atoms with E-state index in [0.717, 1.165) is 0 Å². The van der Waals surface area contributed by atoms with Crippen molar-refractivity contribution in [1.29, 1.82) is 0 Å². The third kappa shape index (κ3) is 1.52. The van der Waals surface area contributed by atoms with Gasteiger partial charge in [-0.25, -0.2) is 0 Å². The smallest absolute Gasteiger partial charge is 0.297 e. The standard InChI is InChI=1S/C8H7BrN2O3/c9-5-3-6(11(12)13)8-7(4-5)14-2-1-10-8/h3-4,10H,1-2H2. The van der Waals surface area contributed by atoms with Crippen LogP contribution < -0.4 is 10.1 Å². The van der Waals surface area contributed by atoms with Gasteiger partial charge < -0.3 is 10.1 Å². The van der Waals surface area contributed by atoms with Gasteiger partial charge in [0.1, 0.15) is 6.61 Å². The lowest BCUT2D eigenvalue weighted by atomic mass is 10.2. The number of anilines is 1. The minimum atomic E-state index is -0.425. The zero-order valence-electron chi connectivity index (χ0n) is 7.12.